The number of fused-ring (bicyclic) bond motifs is 1. The van der Waals surface area contributed by atoms with E-state index in [2.05, 4.69) is 29.0 Å². The van der Waals surface area contributed by atoms with Crippen LogP contribution >= 0.6 is 11.3 Å². The van der Waals surface area contributed by atoms with Crippen LogP contribution in [0.5, 0.6) is 0 Å². The number of H-pyrrole nitrogens is 1. The van der Waals surface area contributed by atoms with E-state index in [1.165, 1.54) is 20.8 Å². The van der Waals surface area contributed by atoms with Gasteiger partial charge in [0.25, 0.3) is 0 Å². The van der Waals surface area contributed by atoms with Gasteiger partial charge in [0.15, 0.2) is 0 Å². The van der Waals surface area contributed by atoms with Crippen molar-refractivity contribution in [3.63, 3.8) is 0 Å². The first kappa shape index (κ1) is 16.3. The molecule has 4 rings (SSSR count). The number of thiazole rings is 1. The van der Waals surface area contributed by atoms with E-state index >= 15 is 0 Å². The number of hydrogen-bond donors (Lipinski definition) is 1. The van der Waals surface area contributed by atoms with Gasteiger partial charge in [-0.15, -0.1) is 11.3 Å². The number of para-hydroxylation sites is 1. The monoisotopic (exact) mass is 353 g/mol. The van der Waals surface area contributed by atoms with Gasteiger partial charge in [-0.25, -0.2) is 4.98 Å². The molecule has 0 spiro atoms. The van der Waals surface area contributed by atoms with E-state index in [9.17, 15) is 4.79 Å². The van der Waals surface area contributed by atoms with Crippen LogP contribution in [0.2, 0.25) is 0 Å². The molecule has 5 heteroatoms. The summed E-state index contributed by atoms with van der Waals surface area (Å²) in [5, 5.41) is 2.41. The van der Waals surface area contributed by atoms with Crippen LogP contribution < -0.4 is 0 Å². The first-order chi connectivity index (χ1) is 12.2. The SMILES string of the molecule is Cc1cnc(C2CCCN(C(=O)CCc3c[nH]c4ccccc34)C2)s1. The van der Waals surface area contributed by atoms with Crippen LogP contribution in [-0.2, 0) is 11.2 Å². The zero-order valence-electron chi connectivity index (χ0n) is 14.5. The summed E-state index contributed by atoms with van der Waals surface area (Å²) < 4.78 is 0. The average Bonchev–Trinajstić information content (AvgIpc) is 3.26. The van der Waals surface area contributed by atoms with Crippen LogP contribution in [0.4, 0.5) is 0 Å². The number of hydrogen-bond acceptors (Lipinski definition) is 3. The maximum atomic E-state index is 12.7. The van der Waals surface area contributed by atoms with E-state index < -0.39 is 0 Å². The largest absolute Gasteiger partial charge is 0.361 e. The molecule has 1 atom stereocenters. The van der Waals surface area contributed by atoms with Crippen molar-refractivity contribution >= 4 is 28.1 Å². The number of aryl methyl sites for hydroxylation is 2. The summed E-state index contributed by atoms with van der Waals surface area (Å²) >= 11 is 1.77. The van der Waals surface area contributed by atoms with Gasteiger partial charge >= 0.3 is 0 Å². The molecule has 1 aromatic carbocycles. The van der Waals surface area contributed by atoms with E-state index in [1.54, 1.807) is 11.3 Å². The number of benzene rings is 1. The summed E-state index contributed by atoms with van der Waals surface area (Å²) in [5.41, 5.74) is 2.37. The molecular weight excluding hydrogens is 330 g/mol. The lowest BCUT2D eigenvalue weighted by Gasteiger charge is -2.32. The zero-order valence-corrected chi connectivity index (χ0v) is 15.3. The highest BCUT2D eigenvalue weighted by atomic mass is 32.1. The summed E-state index contributed by atoms with van der Waals surface area (Å²) in [6.07, 6.45) is 7.56. The number of aromatic amines is 1. The summed E-state index contributed by atoms with van der Waals surface area (Å²) in [6.45, 7) is 3.79. The number of aromatic nitrogens is 2. The number of nitrogens with one attached hydrogen (secondary N) is 1. The fraction of sp³-hybridized carbons (Fsp3) is 0.400. The predicted molar refractivity (Wildman–Crippen MR) is 102 cm³/mol. The summed E-state index contributed by atoms with van der Waals surface area (Å²) in [6, 6.07) is 8.27. The molecule has 0 saturated carbocycles. The van der Waals surface area contributed by atoms with Gasteiger partial charge in [-0.3, -0.25) is 4.79 Å². The third-order valence-corrected chi connectivity index (χ3v) is 6.12. The number of rotatable bonds is 4. The Bertz CT molecular complexity index is 882. The summed E-state index contributed by atoms with van der Waals surface area (Å²) in [4.78, 5) is 23.8. The van der Waals surface area contributed by atoms with E-state index in [1.807, 2.05) is 29.4 Å². The standard InChI is InChI=1S/C20H23N3OS/c1-14-11-22-20(25-14)16-5-4-10-23(13-16)19(24)9-8-15-12-21-18-7-3-2-6-17(15)18/h2-3,6-7,11-12,16,21H,4-5,8-10,13H2,1H3. The van der Waals surface area contributed by atoms with Crippen LogP contribution in [0.3, 0.4) is 0 Å². The number of nitrogens with zero attached hydrogens (tertiary/aromatic N) is 2. The number of carbonyl (C=O) groups excluding carboxylic acids is 1. The minimum atomic E-state index is 0.267. The van der Waals surface area contributed by atoms with Gasteiger partial charge in [0.05, 0.1) is 5.01 Å². The topological polar surface area (TPSA) is 49.0 Å². The van der Waals surface area contributed by atoms with Gasteiger partial charge in [0.1, 0.15) is 0 Å². The minimum absolute atomic E-state index is 0.267. The second-order valence-electron chi connectivity index (χ2n) is 6.85. The van der Waals surface area contributed by atoms with Gasteiger partial charge in [0, 0.05) is 53.6 Å². The molecule has 3 heterocycles. The second-order valence-corrected chi connectivity index (χ2v) is 8.11. The molecule has 4 nitrogen and oxygen atoms in total. The van der Waals surface area contributed by atoms with Gasteiger partial charge in [0.2, 0.25) is 5.91 Å². The van der Waals surface area contributed by atoms with Crippen molar-refractivity contribution < 1.29 is 4.79 Å². The van der Waals surface area contributed by atoms with Gasteiger partial charge in [-0.1, -0.05) is 18.2 Å². The maximum Gasteiger partial charge on any atom is 0.222 e. The van der Waals surface area contributed by atoms with Crippen molar-refractivity contribution in [3.05, 3.63) is 52.1 Å². The van der Waals surface area contributed by atoms with Crippen molar-refractivity contribution in [3.8, 4) is 0 Å². The molecular formula is C20H23N3OS. The molecule has 1 N–H and O–H groups in total. The van der Waals surface area contributed by atoms with Crippen molar-refractivity contribution in [2.24, 2.45) is 0 Å². The lowest BCUT2D eigenvalue weighted by molar-refractivity contribution is -0.132. The van der Waals surface area contributed by atoms with E-state index in [4.69, 9.17) is 0 Å². The van der Waals surface area contributed by atoms with Crippen LogP contribution in [0.1, 0.15) is 40.6 Å². The Morgan fingerprint density at radius 1 is 1.40 bits per heavy atom. The molecule has 1 aliphatic heterocycles. The average molecular weight is 353 g/mol. The second kappa shape index (κ2) is 7.00. The van der Waals surface area contributed by atoms with Crippen LogP contribution in [-0.4, -0.2) is 33.9 Å². The highest BCUT2D eigenvalue weighted by Crippen LogP contribution is 2.30. The molecule has 25 heavy (non-hydrogen) atoms. The molecule has 1 amide bonds. The van der Waals surface area contributed by atoms with Crippen LogP contribution in [0, 0.1) is 6.92 Å². The number of likely N-dealkylation sites (tertiary alicyclic amines) is 1. The Morgan fingerprint density at radius 3 is 3.12 bits per heavy atom. The molecule has 1 fully saturated rings. The smallest absolute Gasteiger partial charge is 0.222 e. The molecule has 0 aliphatic carbocycles. The van der Waals surface area contributed by atoms with Crippen molar-refractivity contribution in [2.75, 3.05) is 13.1 Å². The van der Waals surface area contributed by atoms with E-state index in [-0.39, 0.29) is 5.91 Å². The Balaban J connectivity index is 1.39. The van der Waals surface area contributed by atoms with E-state index in [0.29, 0.717) is 12.3 Å². The first-order valence-corrected chi connectivity index (χ1v) is 9.77. The van der Waals surface area contributed by atoms with Gasteiger partial charge < -0.3 is 9.88 Å². The molecule has 1 unspecified atom stereocenters. The molecule has 2 aromatic heterocycles. The minimum Gasteiger partial charge on any atom is -0.361 e. The number of amides is 1. The molecule has 0 radical (unpaired) electrons. The highest BCUT2D eigenvalue weighted by molar-refractivity contribution is 7.11. The van der Waals surface area contributed by atoms with Gasteiger partial charge in [-0.05, 0) is 37.8 Å². The quantitative estimate of drug-likeness (QED) is 0.761. The Kier molecular flexibility index (Phi) is 4.57. The normalized spacial score (nSPS) is 18.0. The predicted octanol–water partition coefficient (Wildman–Crippen LogP) is 4.27. The van der Waals surface area contributed by atoms with E-state index in [0.717, 1.165) is 37.9 Å². The van der Waals surface area contributed by atoms with Crippen molar-refractivity contribution in [1.82, 2.24) is 14.9 Å². The lowest BCUT2D eigenvalue weighted by Crippen LogP contribution is -2.39. The maximum absolute atomic E-state index is 12.7. The highest BCUT2D eigenvalue weighted by Gasteiger charge is 2.26. The first-order valence-electron chi connectivity index (χ1n) is 8.96. The Morgan fingerprint density at radius 2 is 2.28 bits per heavy atom. The summed E-state index contributed by atoms with van der Waals surface area (Å²) in [7, 11) is 0. The Hall–Kier alpha value is -2.14. The fourth-order valence-electron chi connectivity index (χ4n) is 3.70. The zero-order chi connectivity index (χ0) is 17.2. The molecule has 0 bridgehead atoms. The number of piperidine rings is 1. The Labute approximate surface area is 151 Å². The van der Waals surface area contributed by atoms with Crippen molar-refractivity contribution in [2.45, 2.75) is 38.5 Å². The molecule has 1 saturated heterocycles. The van der Waals surface area contributed by atoms with Gasteiger partial charge in [-0.2, -0.15) is 0 Å². The molecule has 3 aromatic rings. The third kappa shape index (κ3) is 3.47. The van der Waals surface area contributed by atoms with Crippen LogP contribution in [0.15, 0.2) is 36.7 Å². The molecule has 130 valence electrons. The fourth-order valence-corrected chi connectivity index (χ4v) is 4.60. The van der Waals surface area contributed by atoms with Crippen molar-refractivity contribution in [1.29, 1.82) is 0 Å². The third-order valence-electron chi connectivity index (χ3n) is 5.05. The summed E-state index contributed by atoms with van der Waals surface area (Å²) in [5.74, 6) is 0.674. The lowest BCUT2D eigenvalue weighted by atomic mass is 9.98. The number of carbonyl (C=O) groups is 1. The molecule has 1 aliphatic rings. The van der Waals surface area contributed by atoms with Crippen LogP contribution in [0.25, 0.3) is 10.9 Å².